The molecule has 1 aliphatic rings. The molecule has 1 heterocycles. The van der Waals surface area contributed by atoms with Crippen LogP contribution in [0, 0.1) is 0 Å². The van der Waals surface area contributed by atoms with E-state index >= 15 is 0 Å². The zero-order chi connectivity index (χ0) is 12.4. The maximum absolute atomic E-state index is 9.90. The van der Waals surface area contributed by atoms with Crippen LogP contribution in [-0.4, -0.2) is 16.2 Å². The Morgan fingerprint density at radius 3 is 2.94 bits per heavy atom. The monoisotopic (exact) mass is 239 g/mol. The predicted octanol–water partition coefficient (Wildman–Crippen LogP) is 3.55. The number of allylic oxidation sites excluding steroid dienone is 1. The molecule has 0 saturated carbocycles. The number of aliphatic hydroxyl groups is 1. The molecule has 92 valence electrons. The zero-order valence-corrected chi connectivity index (χ0v) is 10.3. The molecule has 2 heteroatoms. The van der Waals surface area contributed by atoms with Gasteiger partial charge in [0.2, 0.25) is 0 Å². The van der Waals surface area contributed by atoms with Gasteiger partial charge < -0.3 is 5.11 Å². The van der Waals surface area contributed by atoms with Crippen LogP contribution in [0.15, 0.2) is 42.7 Å². The van der Waals surface area contributed by atoms with Crippen LogP contribution < -0.4 is 0 Å². The minimum atomic E-state index is -0.304. The summed E-state index contributed by atoms with van der Waals surface area (Å²) in [6.45, 7) is 0. The number of benzene rings is 1. The van der Waals surface area contributed by atoms with Crippen molar-refractivity contribution in [3.05, 3.63) is 48.3 Å². The highest BCUT2D eigenvalue weighted by Crippen LogP contribution is 2.30. The van der Waals surface area contributed by atoms with Gasteiger partial charge >= 0.3 is 0 Å². The van der Waals surface area contributed by atoms with Gasteiger partial charge in [0.15, 0.2) is 0 Å². The van der Waals surface area contributed by atoms with Crippen LogP contribution >= 0.6 is 0 Å². The number of hydrogen-bond acceptors (Lipinski definition) is 2. The van der Waals surface area contributed by atoms with Crippen LogP contribution in [0.2, 0.25) is 0 Å². The van der Waals surface area contributed by atoms with Crippen LogP contribution in [0.3, 0.4) is 0 Å². The molecule has 0 amide bonds. The highest BCUT2D eigenvalue weighted by molar-refractivity contribution is 5.93. The van der Waals surface area contributed by atoms with Crippen molar-refractivity contribution in [2.75, 3.05) is 0 Å². The molecule has 0 fully saturated rings. The molecular formula is C16H17NO. The predicted molar refractivity (Wildman–Crippen MR) is 74.2 cm³/mol. The van der Waals surface area contributed by atoms with Crippen LogP contribution in [0.4, 0.5) is 0 Å². The van der Waals surface area contributed by atoms with Crippen LogP contribution in [0.25, 0.3) is 16.3 Å². The van der Waals surface area contributed by atoms with Crippen molar-refractivity contribution in [1.29, 1.82) is 0 Å². The van der Waals surface area contributed by atoms with Crippen molar-refractivity contribution in [2.45, 2.75) is 31.8 Å². The lowest BCUT2D eigenvalue weighted by Crippen LogP contribution is -2.00. The van der Waals surface area contributed by atoms with Gasteiger partial charge in [0.1, 0.15) is 0 Å². The highest BCUT2D eigenvalue weighted by atomic mass is 16.3. The fraction of sp³-hybridized carbons (Fsp3) is 0.312. The third-order valence-electron chi connectivity index (χ3n) is 3.60. The summed E-state index contributed by atoms with van der Waals surface area (Å²) >= 11 is 0. The molecule has 3 rings (SSSR count). The van der Waals surface area contributed by atoms with Gasteiger partial charge in [0.25, 0.3) is 0 Å². The Bertz CT molecular complexity index is 583. The first-order valence-electron chi connectivity index (χ1n) is 6.56. The minimum absolute atomic E-state index is 0.304. The molecule has 1 aliphatic carbocycles. The summed E-state index contributed by atoms with van der Waals surface area (Å²) in [4.78, 5) is 4.32. The molecule has 1 aromatic carbocycles. The molecule has 0 radical (unpaired) electrons. The van der Waals surface area contributed by atoms with Crippen LogP contribution in [-0.2, 0) is 0 Å². The molecule has 2 nitrogen and oxygen atoms in total. The lowest BCUT2D eigenvalue weighted by Gasteiger charge is -2.09. The second-order valence-corrected chi connectivity index (χ2v) is 4.91. The first-order chi connectivity index (χ1) is 8.84. The SMILES string of the molecule is OC1C=C(c2cncc3ccccc23)CCCC1. The standard InChI is InChI=1S/C16H17NO/c18-14-7-3-1-5-12(9-14)16-11-17-10-13-6-2-4-8-15(13)16/h2,4,6,8-11,14,18H,1,3,5,7H2. The molecule has 0 bridgehead atoms. The summed E-state index contributed by atoms with van der Waals surface area (Å²) in [5.41, 5.74) is 2.42. The molecule has 0 aliphatic heterocycles. The number of aromatic nitrogens is 1. The Kier molecular flexibility index (Phi) is 3.11. The van der Waals surface area contributed by atoms with Crippen molar-refractivity contribution in [1.82, 2.24) is 4.98 Å². The van der Waals surface area contributed by atoms with Gasteiger partial charge in [-0.1, -0.05) is 36.8 Å². The topological polar surface area (TPSA) is 33.1 Å². The van der Waals surface area contributed by atoms with E-state index in [-0.39, 0.29) is 6.10 Å². The van der Waals surface area contributed by atoms with Crippen molar-refractivity contribution < 1.29 is 5.11 Å². The minimum Gasteiger partial charge on any atom is -0.389 e. The number of rotatable bonds is 1. The Morgan fingerprint density at radius 2 is 2.00 bits per heavy atom. The van der Waals surface area contributed by atoms with Crippen molar-refractivity contribution in [3.8, 4) is 0 Å². The van der Waals surface area contributed by atoms with Gasteiger partial charge in [-0.2, -0.15) is 0 Å². The first-order valence-corrected chi connectivity index (χ1v) is 6.56. The lowest BCUT2D eigenvalue weighted by molar-refractivity contribution is 0.211. The summed E-state index contributed by atoms with van der Waals surface area (Å²) in [6, 6.07) is 8.30. The van der Waals surface area contributed by atoms with Crippen molar-refractivity contribution in [2.24, 2.45) is 0 Å². The Morgan fingerprint density at radius 1 is 1.11 bits per heavy atom. The summed E-state index contributed by atoms with van der Waals surface area (Å²) in [7, 11) is 0. The normalized spacial score (nSPS) is 20.5. The van der Waals surface area contributed by atoms with E-state index in [0.29, 0.717) is 0 Å². The fourth-order valence-corrected chi connectivity index (χ4v) is 2.66. The van der Waals surface area contributed by atoms with Crippen LogP contribution in [0.5, 0.6) is 0 Å². The second-order valence-electron chi connectivity index (χ2n) is 4.91. The van der Waals surface area contributed by atoms with E-state index in [4.69, 9.17) is 0 Å². The molecule has 1 N–H and O–H groups in total. The highest BCUT2D eigenvalue weighted by Gasteiger charge is 2.13. The Hall–Kier alpha value is -1.67. The van der Waals surface area contributed by atoms with Crippen LogP contribution in [0.1, 0.15) is 31.2 Å². The Labute approximate surface area is 107 Å². The number of fused-ring (bicyclic) bond motifs is 1. The number of pyridine rings is 1. The van der Waals surface area contributed by atoms with Gasteiger partial charge in [-0.25, -0.2) is 0 Å². The zero-order valence-electron chi connectivity index (χ0n) is 10.3. The third-order valence-corrected chi connectivity index (χ3v) is 3.60. The van der Waals surface area contributed by atoms with E-state index in [9.17, 15) is 5.11 Å². The van der Waals surface area contributed by atoms with E-state index in [1.807, 2.05) is 24.5 Å². The fourth-order valence-electron chi connectivity index (χ4n) is 2.66. The molecule has 1 atom stereocenters. The van der Waals surface area contributed by atoms with E-state index in [2.05, 4.69) is 23.2 Å². The molecule has 18 heavy (non-hydrogen) atoms. The molecule has 2 aromatic rings. The maximum Gasteiger partial charge on any atom is 0.0726 e. The third kappa shape index (κ3) is 2.16. The molecule has 1 aromatic heterocycles. The molecule has 1 unspecified atom stereocenters. The van der Waals surface area contributed by atoms with Gasteiger partial charge in [-0.05, 0) is 30.2 Å². The molecule has 0 saturated heterocycles. The second kappa shape index (κ2) is 4.91. The van der Waals surface area contributed by atoms with E-state index < -0.39 is 0 Å². The van der Waals surface area contributed by atoms with Gasteiger partial charge in [-0.15, -0.1) is 0 Å². The summed E-state index contributed by atoms with van der Waals surface area (Å²) in [5.74, 6) is 0. The summed E-state index contributed by atoms with van der Waals surface area (Å²) < 4.78 is 0. The average molecular weight is 239 g/mol. The molecule has 0 spiro atoms. The van der Waals surface area contributed by atoms with Gasteiger partial charge in [-0.3, -0.25) is 4.98 Å². The first kappa shape index (κ1) is 11.4. The maximum atomic E-state index is 9.90. The van der Waals surface area contributed by atoms with Crippen molar-refractivity contribution in [3.63, 3.8) is 0 Å². The molecular weight excluding hydrogens is 222 g/mol. The summed E-state index contributed by atoms with van der Waals surface area (Å²) in [6.07, 6.45) is 9.68. The average Bonchev–Trinajstić information content (AvgIpc) is 2.63. The lowest BCUT2D eigenvalue weighted by atomic mass is 9.97. The van der Waals surface area contributed by atoms with Gasteiger partial charge in [0.05, 0.1) is 6.10 Å². The van der Waals surface area contributed by atoms with E-state index in [1.165, 1.54) is 16.5 Å². The number of nitrogens with zero attached hydrogens (tertiary/aromatic N) is 1. The Balaban J connectivity index is 2.13. The largest absolute Gasteiger partial charge is 0.389 e. The smallest absolute Gasteiger partial charge is 0.0726 e. The van der Waals surface area contributed by atoms with Crippen molar-refractivity contribution >= 4 is 16.3 Å². The summed E-state index contributed by atoms with van der Waals surface area (Å²) in [5, 5.41) is 12.3. The number of hydrogen-bond donors (Lipinski definition) is 1. The number of aliphatic hydroxyl groups excluding tert-OH is 1. The van der Waals surface area contributed by atoms with Gasteiger partial charge in [0, 0.05) is 23.3 Å². The van der Waals surface area contributed by atoms with E-state index in [1.54, 1.807) is 0 Å². The van der Waals surface area contributed by atoms with E-state index in [0.717, 1.165) is 31.1 Å². The quantitative estimate of drug-likeness (QED) is 0.825.